The molecule has 0 radical (unpaired) electrons. The molecule has 164 valence electrons. The Hall–Kier alpha value is -2.93. The summed E-state index contributed by atoms with van der Waals surface area (Å²) in [4.78, 5) is 27.2. The summed E-state index contributed by atoms with van der Waals surface area (Å²) < 4.78 is 24.5. The Morgan fingerprint density at radius 2 is 1.97 bits per heavy atom. The van der Waals surface area contributed by atoms with Gasteiger partial charge in [0.1, 0.15) is 18.2 Å². The highest BCUT2D eigenvalue weighted by molar-refractivity contribution is 5.96. The Morgan fingerprint density at radius 3 is 2.74 bits per heavy atom. The van der Waals surface area contributed by atoms with E-state index in [2.05, 4.69) is 5.32 Å². The van der Waals surface area contributed by atoms with Gasteiger partial charge in [-0.05, 0) is 62.1 Å². The molecule has 2 saturated heterocycles. The summed E-state index contributed by atoms with van der Waals surface area (Å²) in [6.45, 7) is 2.22. The van der Waals surface area contributed by atoms with Crippen molar-refractivity contribution in [2.24, 2.45) is 5.92 Å². The van der Waals surface area contributed by atoms with E-state index in [0.29, 0.717) is 43.1 Å². The van der Waals surface area contributed by atoms with Crippen LogP contribution in [0.2, 0.25) is 0 Å². The molecule has 2 amide bonds. The highest BCUT2D eigenvalue weighted by Gasteiger charge is 2.29. The van der Waals surface area contributed by atoms with Gasteiger partial charge in [0.05, 0.1) is 12.0 Å². The number of carbonyl (C=O) groups is 2. The first kappa shape index (κ1) is 21.3. The first-order valence-electron chi connectivity index (χ1n) is 10.8. The van der Waals surface area contributed by atoms with Crippen molar-refractivity contribution in [3.05, 3.63) is 59.9 Å². The van der Waals surface area contributed by atoms with E-state index in [4.69, 9.17) is 9.47 Å². The van der Waals surface area contributed by atoms with E-state index in [1.54, 1.807) is 11.0 Å². The van der Waals surface area contributed by atoms with E-state index in [1.165, 1.54) is 24.3 Å². The average Bonchev–Trinajstić information content (AvgIpc) is 3.32. The van der Waals surface area contributed by atoms with E-state index in [-0.39, 0.29) is 29.7 Å². The van der Waals surface area contributed by atoms with Gasteiger partial charge in [0.15, 0.2) is 0 Å². The van der Waals surface area contributed by atoms with E-state index in [9.17, 15) is 14.0 Å². The predicted octanol–water partition coefficient (Wildman–Crippen LogP) is 3.87. The number of carbonyl (C=O) groups excluding carboxylic acids is 2. The van der Waals surface area contributed by atoms with Crippen LogP contribution in [0.5, 0.6) is 5.75 Å². The zero-order chi connectivity index (χ0) is 21.6. The van der Waals surface area contributed by atoms with Gasteiger partial charge in [0.25, 0.3) is 5.91 Å². The number of piperidine rings is 1. The Balaban J connectivity index is 1.33. The molecule has 7 heteroatoms. The molecule has 31 heavy (non-hydrogen) atoms. The lowest BCUT2D eigenvalue weighted by atomic mass is 9.96. The van der Waals surface area contributed by atoms with E-state index >= 15 is 0 Å². The molecule has 0 aromatic heterocycles. The lowest BCUT2D eigenvalue weighted by Gasteiger charge is -2.32. The highest BCUT2D eigenvalue weighted by atomic mass is 19.1. The molecule has 2 unspecified atom stereocenters. The van der Waals surface area contributed by atoms with Crippen molar-refractivity contribution in [1.82, 2.24) is 4.90 Å². The third-order valence-electron chi connectivity index (χ3n) is 5.73. The number of nitrogens with zero attached hydrogens (tertiary/aromatic N) is 1. The molecule has 2 heterocycles. The third-order valence-corrected chi connectivity index (χ3v) is 5.73. The van der Waals surface area contributed by atoms with Crippen LogP contribution in [0.15, 0.2) is 48.5 Å². The van der Waals surface area contributed by atoms with Crippen molar-refractivity contribution in [3.63, 3.8) is 0 Å². The van der Waals surface area contributed by atoms with Crippen molar-refractivity contribution in [3.8, 4) is 5.75 Å². The number of likely N-dealkylation sites (tertiary alicyclic amines) is 1. The number of nitrogens with one attached hydrogen (secondary N) is 1. The maximum absolute atomic E-state index is 13.1. The van der Waals surface area contributed by atoms with Gasteiger partial charge in [0, 0.05) is 37.0 Å². The number of rotatable bonds is 6. The van der Waals surface area contributed by atoms with Crippen LogP contribution in [-0.2, 0) is 9.53 Å². The van der Waals surface area contributed by atoms with Crippen LogP contribution in [0.4, 0.5) is 10.1 Å². The minimum atomic E-state index is -0.380. The second-order valence-corrected chi connectivity index (χ2v) is 8.06. The quantitative estimate of drug-likeness (QED) is 0.761. The van der Waals surface area contributed by atoms with Crippen LogP contribution in [0.3, 0.4) is 0 Å². The van der Waals surface area contributed by atoms with Gasteiger partial charge in [-0.1, -0.05) is 6.07 Å². The van der Waals surface area contributed by atoms with E-state index in [1.807, 2.05) is 18.2 Å². The molecular weight excluding hydrogens is 399 g/mol. The van der Waals surface area contributed by atoms with Gasteiger partial charge in [-0.25, -0.2) is 4.39 Å². The predicted molar refractivity (Wildman–Crippen MR) is 115 cm³/mol. The molecule has 2 atom stereocenters. The van der Waals surface area contributed by atoms with Crippen molar-refractivity contribution < 1.29 is 23.5 Å². The van der Waals surface area contributed by atoms with Gasteiger partial charge < -0.3 is 19.7 Å². The Bertz CT molecular complexity index is 912. The number of amides is 2. The monoisotopic (exact) mass is 426 g/mol. The number of benzene rings is 2. The lowest BCUT2D eigenvalue weighted by Crippen LogP contribution is -2.43. The zero-order valence-electron chi connectivity index (χ0n) is 17.4. The number of hydrogen-bond acceptors (Lipinski definition) is 4. The summed E-state index contributed by atoms with van der Waals surface area (Å²) in [6.07, 6.45) is 3.66. The Morgan fingerprint density at radius 1 is 1.13 bits per heavy atom. The number of hydrogen-bond donors (Lipinski definition) is 1. The van der Waals surface area contributed by atoms with Crippen LogP contribution < -0.4 is 10.1 Å². The largest absolute Gasteiger partial charge is 0.491 e. The summed E-state index contributed by atoms with van der Waals surface area (Å²) in [5.41, 5.74) is 1.09. The van der Waals surface area contributed by atoms with E-state index < -0.39 is 0 Å². The van der Waals surface area contributed by atoms with Crippen LogP contribution in [0.25, 0.3) is 0 Å². The van der Waals surface area contributed by atoms with Crippen molar-refractivity contribution in [2.75, 3.05) is 31.6 Å². The molecule has 0 bridgehead atoms. The van der Waals surface area contributed by atoms with Gasteiger partial charge in [0.2, 0.25) is 5.91 Å². The molecule has 6 nitrogen and oxygen atoms in total. The fourth-order valence-corrected chi connectivity index (χ4v) is 4.02. The number of anilines is 1. The lowest BCUT2D eigenvalue weighted by molar-refractivity contribution is -0.121. The Labute approximate surface area is 181 Å². The molecule has 0 aliphatic carbocycles. The summed E-state index contributed by atoms with van der Waals surface area (Å²) in [5.74, 6) is -0.288. The molecule has 2 aliphatic rings. The molecule has 2 aromatic rings. The maximum atomic E-state index is 13.1. The molecule has 2 aromatic carbocycles. The second-order valence-electron chi connectivity index (χ2n) is 8.06. The number of halogens is 1. The Kier molecular flexibility index (Phi) is 6.82. The maximum Gasteiger partial charge on any atom is 0.253 e. The van der Waals surface area contributed by atoms with Crippen molar-refractivity contribution >= 4 is 17.5 Å². The zero-order valence-corrected chi connectivity index (χ0v) is 17.4. The molecule has 4 rings (SSSR count). The van der Waals surface area contributed by atoms with Crippen LogP contribution in [0.1, 0.15) is 36.0 Å². The average molecular weight is 426 g/mol. The number of ether oxygens (including phenoxy) is 2. The second kappa shape index (κ2) is 9.92. The molecule has 0 saturated carbocycles. The SMILES string of the molecule is O=C(Nc1cccc(OCC2CCCO2)c1)C1CCCN(C(=O)c2ccc(F)cc2)C1. The standard InChI is InChI=1S/C24H27FN2O4/c25-19-10-8-17(9-11-19)24(29)27-12-2-4-18(15-27)23(28)26-20-5-1-6-21(14-20)31-16-22-7-3-13-30-22/h1,5-6,8-11,14,18,22H,2-4,7,12-13,15-16H2,(H,26,28). The molecule has 1 N–H and O–H groups in total. The van der Waals surface area contributed by atoms with Crippen LogP contribution >= 0.6 is 0 Å². The van der Waals surface area contributed by atoms with Crippen LogP contribution in [-0.4, -0.2) is 49.1 Å². The molecule has 2 aliphatic heterocycles. The first-order valence-corrected chi connectivity index (χ1v) is 10.8. The normalized spacial score (nSPS) is 21.0. The summed E-state index contributed by atoms with van der Waals surface area (Å²) >= 11 is 0. The highest BCUT2D eigenvalue weighted by Crippen LogP contribution is 2.23. The van der Waals surface area contributed by atoms with E-state index in [0.717, 1.165) is 25.9 Å². The van der Waals surface area contributed by atoms with Gasteiger partial charge >= 0.3 is 0 Å². The van der Waals surface area contributed by atoms with Crippen molar-refractivity contribution in [1.29, 1.82) is 0 Å². The minimum Gasteiger partial charge on any atom is -0.491 e. The molecular formula is C24H27FN2O4. The first-order chi connectivity index (χ1) is 15.1. The summed E-state index contributed by atoms with van der Waals surface area (Å²) in [6, 6.07) is 12.8. The molecule has 0 spiro atoms. The van der Waals surface area contributed by atoms with Gasteiger partial charge in [-0.2, -0.15) is 0 Å². The fraction of sp³-hybridized carbons (Fsp3) is 0.417. The molecule has 2 fully saturated rings. The van der Waals surface area contributed by atoms with Gasteiger partial charge in [-0.15, -0.1) is 0 Å². The third kappa shape index (κ3) is 5.61. The van der Waals surface area contributed by atoms with Crippen LogP contribution in [0, 0.1) is 11.7 Å². The fourth-order valence-electron chi connectivity index (χ4n) is 4.02. The minimum absolute atomic E-state index is 0.118. The topological polar surface area (TPSA) is 67.9 Å². The van der Waals surface area contributed by atoms with Gasteiger partial charge in [-0.3, -0.25) is 9.59 Å². The summed E-state index contributed by atoms with van der Waals surface area (Å²) in [7, 11) is 0. The van der Waals surface area contributed by atoms with Crippen molar-refractivity contribution in [2.45, 2.75) is 31.8 Å². The summed E-state index contributed by atoms with van der Waals surface area (Å²) in [5, 5.41) is 2.95. The smallest absolute Gasteiger partial charge is 0.253 e.